The minimum atomic E-state index is -0.122. The molecule has 0 amide bonds. The molecule has 6 heteroatoms. The first kappa shape index (κ1) is 22.5. The van der Waals surface area contributed by atoms with E-state index in [-0.39, 0.29) is 12.1 Å². The summed E-state index contributed by atoms with van der Waals surface area (Å²) in [6.45, 7) is 4.85. The molecule has 0 saturated carbocycles. The monoisotopic (exact) mass is 468 g/mol. The summed E-state index contributed by atoms with van der Waals surface area (Å²) in [6.07, 6.45) is 0. The number of hydrogen-bond acceptors (Lipinski definition) is 4. The molecule has 1 N–H and O–H groups in total. The van der Waals surface area contributed by atoms with Gasteiger partial charge in [-0.1, -0.05) is 61.3 Å². The molecule has 3 aromatic carbocycles. The maximum absolute atomic E-state index is 6.13. The molecule has 0 aliphatic carbocycles. The lowest BCUT2D eigenvalue weighted by atomic mass is 9.95. The molecule has 0 radical (unpaired) electrons. The van der Waals surface area contributed by atoms with Crippen molar-refractivity contribution in [3.8, 4) is 11.5 Å². The first-order chi connectivity index (χ1) is 15.4. The molecule has 0 spiro atoms. The second kappa shape index (κ2) is 9.85. The molecule has 1 aliphatic rings. The van der Waals surface area contributed by atoms with Crippen molar-refractivity contribution in [2.45, 2.75) is 25.9 Å². The van der Waals surface area contributed by atoms with E-state index in [2.05, 4.69) is 19.2 Å². The second-order valence-electron chi connectivity index (χ2n) is 8.21. The molecule has 32 heavy (non-hydrogen) atoms. The van der Waals surface area contributed by atoms with E-state index in [9.17, 15) is 0 Å². The summed E-state index contributed by atoms with van der Waals surface area (Å²) in [6, 6.07) is 21.4. The topological polar surface area (TPSA) is 42.8 Å². The molecule has 1 heterocycles. The Balaban J connectivity index is 1.74. The van der Waals surface area contributed by atoms with Gasteiger partial charge in [-0.05, 0) is 53.4 Å². The van der Waals surface area contributed by atoms with E-state index in [1.165, 1.54) is 0 Å². The summed E-state index contributed by atoms with van der Waals surface area (Å²) in [5, 5.41) is 5.03. The molecular weight excluding hydrogens is 443 g/mol. The molecule has 166 valence electrons. The average Bonchev–Trinajstić information content (AvgIpc) is 3.23. The summed E-state index contributed by atoms with van der Waals surface area (Å²) >= 11 is 12.3. The Labute approximate surface area is 199 Å². The fraction of sp³-hybridized carbons (Fsp3) is 0.269. The lowest BCUT2D eigenvalue weighted by Gasteiger charge is -2.20. The van der Waals surface area contributed by atoms with Crippen molar-refractivity contribution in [2.75, 3.05) is 13.7 Å². The van der Waals surface area contributed by atoms with Crippen LogP contribution < -0.4 is 14.8 Å². The van der Waals surface area contributed by atoms with Crippen LogP contribution in [0, 0.1) is 5.92 Å². The van der Waals surface area contributed by atoms with Crippen LogP contribution in [0.15, 0.2) is 71.7 Å². The third-order valence-electron chi connectivity index (χ3n) is 5.33. The summed E-state index contributed by atoms with van der Waals surface area (Å²) in [5.74, 6) is 2.67. The number of hydrogen-bond donors (Lipinski definition) is 1. The fourth-order valence-electron chi connectivity index (χ4n) is 3.69. The van der Waals surface area contributed by atoms with Crippen LogP contribution >= 0.6 is 23.2 Å². The van der Waals surface area contributed by atoms with E-state index in [1.54, 1.807) is 7.11 Å². The predicted octanol–water partition coefficient (Wildman–Crippen LogP) is 6.87. The zero-order valence-corrected chi connectivity index (χ0v) is 19.8. The standard InChI is InChI=1S/C26H26Cl2N2O2/c1-16(2)15-32-23-14-21(31-3)12-13-22(23)26-29-24(17-4-8-19(27)9-5-17)25(30-26)18-6-10-20(28)11-7-18/h4-14,16,24-25H,15H2,1-3H3,(H,29,30)/t24-,25+. The molecule has 4 rings (SSSR count). The highest BCUT2D eigenvalue weighted by Crippen LogP contribution is 2.39. The van der Waals surface area contributed by atoms with E-state index in [0.717, 1.165) is 34.0 Å². The Hall–Kier alpha value is -2.69. The van der Waals surface area contributed by atoms with Gasteiger partial charge < -0.3 is 14.8 Å². The number of ether oxygens (including phenoxy) is 2. The molecule has 0 saturated heterocycles. The molecule has 4 nitrogen and oxygen atoms in total. The Morgan fingerprint density at radius 2 is 1.53 bits per heavy atom. The van der Waals surface area contributed by atoms with E-state index in [1.807, 2.05) is 66.7 Å². The molecule has 0 unspecified atom stereocenters. The van der Waals surface area contributed by atoms with Crippen LogP contribution in [0.5, 0.6) is 11.5 Å². The van der Waals surface area contributed by atoms with Crippen molar-refractivity contribution >= 4 is 29.0 Å². The Morgan fingerprint density at radius 3 is 2.12 bits per heavy atom. The molecule has 2 atom stereocenters. The van der Waals surface area contributed by atoms with Crippen LogP contribution in [-0.4, -0.2) is 19.6 Å². The van der Waals surface area contributed by atoms with Gasteiger partial charge in [0.1, 0.15) is 23.4 Å². The third-order valence-corrected chi connectivity index (χ3v) is 5.84. The smallest absolute Gasteiger partial charge is 0.133 e. The number of methoxy groups -OCH3 is 1. The highest BCUT2D eigenvalue weighted by atomic mass is 35.5. The van der Waals surface area contributed by atoms with Crippen LogP contribution in [0.3, 0.4) is 0 Å². The van der Waals surface area contributed by atoms with Gasteiger partial charge in [-0.3, -0.25) is 4.99 Å². The van der Waals surface area contributed by atoms with Crippen molar-refractivity contribution in [2.24, 2.45) is 10.9 Å². The fourth-order valence-corrected chi connectivity index (χ4v) is 3.94. The van der Waals surface area contributed by atoms with Gasteiger partial charge in [-0.2, -0.15) is 0 Å². The van der Waals surface area contributed by atoms with Crippen molar-refractivity contribution < 1.29 is 9.47 Å². The Bertz CT molecular complexity index is 1100. The molecule has 0 fully saturated rings. The van der Waals surface area contributed by atoms with Crippen LogP contribution in [0.1, 0.15) is 42.6 Å². The van der Waals surface area contributed by atoms with E-state index in [0.29, 0.717) is 22.6 Å². The summed E-state index contributed by atoms with van der Waals surface area (Å²) in [7, 11) is 1.65. The van der Waals surface area contributed by atoms with Crippen LogP contribution in [0.4, 0.5) is 0 Å². The van der Waals surface area contributed by atoms with Gasteiger partial charge in [-0.25, -0.2) is 0 Å². The first-order valence-corrected chi connectivity index (χ1v) is 11.4. The van der Waals surface area contributed by atoms with E-state index >= 15 is 0 Å². The lowest BCUT2D eigenvalue weighted by Crippen LogP contribution is -2.25. The highest BCUT2D eigenvalue weighted by Gasteiger charge is 2.33. The van der Waals surface area contributed by atoms with Crippen molar-refractivity contribution in [3.63, 3.8) is 0 Å². The average molecular weight is 469 g/mol. The first-order valence-electron chi connectivity index (χ1n) is 10.6. The SMILES string of the molecule is COc1ccc(C2=N[C@H](c3ccc(Cl)cc3)[C@H](c3ccc(Cl)cc3)N2)c(OCC(C)C)c1. The third kappa shape index (κ3) is 5.03. The lowest BCUT2D eigenvalue weighted by molar-refractivity contribution is 0.269. The second-order valence-corrected chi connectivity index (χ2v) is 9.09. The maximum atomic E-state index is 6.13. The molecule has 3 aromatic rings. The van der Waals surface area contributed by atoms with Gasteiger partial charge >= 0.3 is 0 Å². The highest BCUT2D eigenvalue weighted by molar-refractivity contribution is 6.30. The Kier molecular flexibility index (Phi) is 6.92. The van der Waals surface area contributed by atoms with Gasteiger partial charge in [0.2, 0.25) is 0 Å². The quantitative estimate of drug-likeness (QED) is 0.411. The molecular formula is C26H26Cl2N2O2. The molecule has 1 aliphatic heterocycles. The van der Waals surface area contributed by atoms with Crippen LogP contribution in [0.25, 0.3) is 0 Å². The summed E-state index contributed by atoms with van der Waals surface area (Å²) < 4.78 is 11.5. The van der Waals surface area contributed by atoms with Crippen LogP contribution in [-0.2, 0) is 0 Å². The largest absolute Gasteiger partial charge is 0.497 e. The van der Waals surface area contributed by atoms with Gasteiger partial charge in [-0.15, -0.1) is 0 Å². The predicted molar refractivity (Wildman–Crippen MR) is 131 cm³/mol. The Morgan fingerprint density at radius 1 is 0.906 bits per heavy atom. The number of amidine groups is 1. The minimum Gasteiger partial charge on any atom is -0.497 e. The minimum absolute atomic E-state index is 0.0523. The summed E-state index contributed by atoms with van der Waals surface area (Å²) in [4.78, 5) is 5.09. The maximum Gasteiger partial charge on any atom is 0.133 e. The number of halogens is 2. The van der Waals surface area contributed by atoms with Crippen molar-refractivity contribution in [1.82, 2.24) is 5.32 Å². The van der Waals surface area contributed by atoms with Gasteiger partial charge in [0.15, 0.2) is 0 Å². The van der Waals surface area contributed by atoms with Crippen molar-refractivity contribution in [1.29, 1.82) is 0 Å². The number of nitrogens with one attached hydrogen (secondary N) is 1. The number of aliphatic imine (C=N–C) groups is 1. The van der Waals surface area contributed by atoms with Crippen LogP contribution in [0.2, 0.25) is 10.0 Å². The zero-order valence-electron chi connectivity index (χ0n) is 18.3. The van der Waals surface area contributed by atoms with Gasteiger partial charge in [0.25, 0.3) is 0 Å². The van der Waals surface area contributed by atoms with Gasteiger partial charge in [0, 0.05) is 16.1 Å². The van der Waals surface area contributed by atoms with Gasteiger partial charge in [0.05, 0.1) is 25.3 Å². The number of nitrogens with zero attached hydrogens (tertiary/aromatic N) is 1. The molecule has 0 bridgehead atoms. The summed E-state index contributed by atoms with van der Waals surface area (Å²) in [5.41, 5.74) is 3.09. The van der Waals surface area contributed by atoms with Crippen molar-refractivity contribution in [3.05, 3.63) is 93.5 Å². The number of rotatable bonds is 7. The van der Waals surface area contributed by atoms with E-state index < -0.39 is 0 Å². The molecule has 0 aromatic heterocycles. The number of benzene rings is 3. The van der Waals surface area contributed by atoms with E-state index in [4.69, 9.17) is 37.7 Å². The zero-order chi connectivity index (χ0) is 22.7. The normalized spacial score (nSPS) is 17.8.